The van der Waals surface area contributed by atoms with Gasteiger partial charge in [-0.25, -0.2) is 9.59 Å². The van der Waals surface area contributed by atoms with Crippen LogP contribution in [0.4, 0.5) is 4.79 Å². The Balaban J connectivity index is 1.84. The fraction of sp³-hybridized carbons (Fsp3) is 0.417. The summed E-state index contributed by atoms with van der Waals surface area (Å²) < 4.78 is 5.24. The van der Waals surface area contributed by atoms with E-state index in [9.17, 15) is 14.7 Å². The molecule has 1 aliphatic heterocycles. The van der Waals surface area contributed by atoms with E-state index in [1.54, 1.807) is 0 Å². The number of rotatable bonds is 4. The molecule has 0 bridgehead atoms. The monoisotopic (exact) mass is 427 g/mol. The van der Waals surface area contributed by atoms with Gasteiger partial charge in [0, 0.05) is 4.75 Å². The number of nitrogens with zero attached hydrogens (tertiary/aromatic N) is 1. The number of ether oxygens (including phenoxy) is 1. The highest BCUT2D eigenvalue weighted by Gasteiger charge is 2.58. The number of carbonyl (C=O) groups is 2. The van der Waals surface area contributed by atoms with Gasteiger partial charge in [-0.05, 0) is 58.2 Å². The predicted octanol–water partition coefficient (Wildman–Crippen LogP) is 5.74. The van der Waals surface area contributed by atoms with Crippen LogP contribution in [0.5, 0.6) is 0 Å². The number of amides is 1. The number of aliphatic carboxylic acids is 1. The Kier molecular flexibility index (Phi) is 5.67. The van der Waals surface area contributed by atoms with Gasteiger partial charge in [0.25, 0.3) is 0 Å². The summed E-state index contributed by atoms with van der Waals surface area (Å²) in [5.74, 6) is -1.03. The molecule has 0 saturated carbocycles. The van der Waals surface area contributed by atoms with Crippen LogP contribution in [0, 0.1) is 0 Å². The zero-order valence-corrected chi connectivity index (χ0v) is 19.1. The number of carboxylic acids is 1. The first-order valence-electron chi connectivity index (χ1n) is 9.96. The summed E-state index contributed by atoms with van der Waals surface area (Å²) in [6.07, 6.45) is -0.623. The molecule has 0 radical (unpaired) electrons. The van der Waals surface area contributed by atoms with Gasteiger partial charge in [-0.3, -0.25) is 4.90 Å². The molecule has 160 valence electrons. The lowest BCUT2D eigenvalue weighted by molar-refractivity contribution is -0.144. The molecule has 3 rings (SSSR count). The molecule has 2 aromatic rings. The smallest absolute Gasteiger partial charge is 0.412 e. The Morgan fingerprint density at radius 2 is 1.50 bits per heavy atom. The summed E-state index contributed by atoms with van der Waals surface area (Å²) in [6, 6.07) is 17.0. The van der Waals surface area contributed by atoms with Gasteiger partial charge >= 0.3 is 12.1 Å². The van der Waals surface area contributed by atoms with Gasteiger partial charge in [-0.1, -0.05) is 54.6 Å². The highest BCUT2D eigenvalue weighted by molar-refractivity contribution is 8.02. The first-order valence-corrected chi connectivity index (χ1v) is 10.8. The fourth-order valence-corrected chi connectivity index (χ4v) is 6.01. The van der Waals surface area contributed by atoms with Crippen molar-refractivity contribution in [2.75, 3.05) is 0 Å². The van der Waals surface area contributed by atoms with E-state index < -0.39 is 33.3 Å². The Morgan fingerprint density at radius 3 is 2.03 bits per heavy atom. The van der Waals surface area contributed by atoms with Crippen LogP contribution >= 0.6 is 11.8 Å². The normalized spacial score (nSPS) is 20.1. The van der Waals surface area contributed by atoms with E-state index in [2.05, 4.69) is 0 Å². The maximum absolute atomic E-state index is 13.2. The van der Waals surface area contributed by atoms with E-state index in [1.807, 2.05) is 96.1 Å². The Hall–Kier alpha value is -2.47. The maximum Gasteiger partial charge on any atom is 0.412 e. The minimum Gasteiger partial charge on any atom is -0.480 e. The maximum atomic E-state index is 13.2. The largest absolute Gasteiger partial charge is 0.480 e. The van der Waals surface area contributed by atoms with Crippen LogP contribution in [0.1, 0.15) is 47.1 Å². The summed E-state index contributed by atoms with van der Waals surface area (Å²) in [4.78, 5) is 25.8. The third-order valence-electron chi connectivity index (χ3n) is 5.47. The minimum absolute atomic E-state index is 0.623. The van der Waals surface area contributed by atoms with E-state index >= 15 is 0 Å². The van der Waals surface area contributed by atoms with Crippen molar-refractivity contribution in [1.29, 1.82) is 0 Å². The van der Waals surface area contributed by atoms with E-state index in [1.165, 1.54) is 16.7 Å². The number of hydrogen-bond donors (Lipinski definition) is 1. The molecule has 5 nitrogen and oxygen atoms in total. The van der Waals surface area contributed by atoms with Crippen molar-refractivity contribution in [1.82, 2.24) is 4.90 Å². The molecule has 30 heavy (non-hydrogen) atoms. The van der Waals surface area contributed by atoms with Gasteiger partial charge in [-0.15, -0.1) is 11.8 Å². The average molecular weight is 428 g/mol. The van der Waals surface area contributed by atoms with Crippen molar-refractivity contribution >= 4 is 23.8 Å². The molecule has 1 saturated heterocycles. The number of benzene rings is 2. The van der Waals surface area contributed by atoms with Crippen molar-refractivity contribution in [2.45, 2.75) is 62.8 Å². The van der Waals surface area contributed by atoms with Crippen LogP contribution in [-0.2, 0) is 15.1 Å². The molecule has 1 atom stereocenters. The number of carboxylic acid groups (broad SMARTS) is 1. The second kappa shape index (κ2) is 7.65. The van der Waals surface area contributed by atoms with Crippen molar-refractivity contribution in [3.8, 4) is 11.1 Å². The van der Waals surface area contributed by atoms with Gasteiger partial charge in [0.2, 0.25) is 0 Å². The third-order valence-corrected chi connectivity index (χ3v) is 6.92. The number of thioether (sulfide) groups is 1. The summed E-state index contributed by atoms with van der Waals surface area (Å²) in [6.45, 7) is 11.0. The van der Waals surface area contributed by atoms with Crippen molar-refractivity contribution in [2.24, 2.45) is 0 Å². The van der Waals surface area contributed by atoms with Crippen molar-refractivity contribution in [3.05, 3.63) is 60.2 Å². The molecule has 1 N–H and O–H groups in total. The van der Waals surface area contributed by atoms with Gasteiger partial charge in [0.1, 0.15) is 11.6 Å². The molecule has 1 fully saturated rings. The Bertz CT molecular complexity index is 935. The zero-order chi connectivity index (χ0) is 22.3. The SMILES string of the molecule is CC(C)(OC(=O)N1C(C(=O)O)C(C)(C)SC1(C)C)c1ccc(-c2ccccc2)cc1. The first kappa shape index (κ1) is 22.2. The van der Waals surface area contributed by atoms with Crippen LogP contribution in [0.15, 0.2) is 54.6 Å². The van der Waals surface area contributed by atoms with Crippen LogP contribution < -0.4 is 0 Å². The van der Waals surface area contributed by atoms with E-state index in [4.69, 9.17) is 4.74 Å². The molecule has 1 amide bonds. The van der Waals surface area contributed by atoms with Crippen LogP contribution in [0.2, 0.25) is 0 Å². The minimum atomic E-state index is -1.03. The van der Waals surface area contributed by atoms with Gasteiger partial charge in [-0.2, -0.15) is 0 Å². The Labute approximate surface area is 182 Å². The lowest BCUT2D eigenvalue weighted by atomic mass is 9.95. The van der Waals surface area contributed by atoms with Gasteiger partial charge in [0.05, 0.1) is 4.87 Å². The van der Waals surface area contributed by atoms with E-state index in [0.717, 1.165) is 16.7 Å². The topological polar surface area (TPSA) is 66.8 Å². The summed E-state index contributed by atoms with van der Waals surface area (Å²) in [5, 5.41) is 9.79. The zero-order valence-electron chi connectivity index (χ0n) is 18.3. The van der Waals surface area contributed by atoms with Gasteiger partial charge < -0.3 is 9.84 Å². The fourth-order valence-electron chi connectivity index (χ4n) is 4.12. The molecule has 1 unspecified atom stereocenters. The number of hydrogen-bond acceptors (Lipinski definition) is 4. The Morgan fingerprint density at radius 1 is 0.967 bits per heavy atom. The third kappa shape index (κ3) is 4.19. The average Bonchev–Trinajstić information content (AvgIpc) is 2.86. The van der Waals surface area contributed by atoms with Crippen LogP contribution in [0.25, 0.3) is 11.1 Å². The number of carbonyl (C=O) groups excluding carboxylic acids is 1. The van der Waals surface area contributed by atoms with Crippen molar-refractivity contribution in [3.63, 3.8) is 0 Å². The van der Waals surface area contributed by atoms with E-state index in [-0.39, 0.29) is 0 Å². The highest BCUT2D eigenvalue weighted by Crippen LogP contribution is 2.51. The molecule has 0 aromatic heterocycles. The summed E-state index contributed by atoms with van der Waals surface area (Å²) in [7, 11) is 0. The van der Waals surface area contributed by atoms with Crippen molar-refractivity contribution < 1.29 is 19.4 Å². The first-order chi connectivity index (χ1) is 13.8. The quantitative estimate of drug-likeness (QED) is 0.674. The van der Waals surface area contributed by atoms with E-state index in [0.29, 0.717) is 0 Å². The predicted molar refractivity (Wildman–Crippen MR) is 120 cm³/mol. The summed E-state index contributed by atoms with van der Waals surface area (Å²) >= 11 is 1.46. The lowest BCUT2D eigenvalue weighted by Gasteiger charge is -2.36. The molecule has 6 heteroatoms. The summed E-state index contributed by atoms with van der Waals surface area (Å²) in [5.41, 5.74) is 2.11. The molecule has 2 aromatic carbocycles. The van der Waals surface area contributed by atoms with Crippen LogP contribution in [0.3, 0.4) is 0 Å². The lowest BCUT2D eigenvalue weighted by Crippen LogP contribution is -2.54. The second-order valence-electron chi connectivity index (χ2n) is 9.08. The molecular formula is C24H29NO4S. The molecule has 0 aliphatic carbocycles. The second-order valence-corrected chi connectivity index (χ2v) is 11.3. The molecule has 1 aliphatic rings. The molecule has 1 heterocycles. The molecule has 0 spiro atoms. The van der Waals surface area contributed by atoms with Crippen LogP contribution in [-0.4, -0.2) is 37.7 Å². The standard InChI is InChI=1S/C24H29NO4S/c1-22(2,18-14-12-17(13-15-18)16-10-8-7-9-11-16)29-21(28)25-19(20(26)27)23(3,4)30-24(25,5)6/h7-15,19H,1-6H3,(H,26,27). The molecular weight excluding hydrogens is 398 g/mol. The van der Waals surface area contributed by atoms with Gasteiger partial charge in [0.15, 0.2) is 0 Å². The highest BCUT2D eigenvalue weighted by atomic mass is 32.2.